The zero-order valence-electron chi connectivity index (χ0n) is 11.3. The van der Waals surface area contributed by atoms with Gasteiger partial charge in [-0.15, -0.1) is 11.3 Å². The van der Waals surface area contributed by atoms with Crippen LogP contribution in [0.25, 0.3) is 0 Å². The highest BCUT2D eigenvalue weighted by molar-refractivity contribution is 7.09. The average Bonchev–Trinajstić information content (AvgIpc) is 2.98. The molecule has 0 saturated heterocycles. The van der Waals surface area contributed by atoms with Crippen molar-refractivity contribution in [2.24, 2.45) is 0 Å². The van der Waals surface area contributed by atoms with E-state index in [1.165, 1.54) is 16.3 Å². The maximum atomic E-state index is 4.38. The topological polar surface area (TPSA) is 56.8 Å². The molecule has 0 radical (unpaired) electrons. The van der Waals surface area contributed by atoms with E-state index in [4.69, 9.17) is 0 Å². The van der Waals surface area contributed by atoms with Crippen molar-refractivity contribution in [1.29, 1.82) is 0 Å². The lowest BCUT2D eigenvalue weighted by Gasteiger charge is -2.27. The quantitative estimate of drug-likeness (QED) is 0.885. The number of likely N-dealkylation sites (N-methyl/N-ethyl adjacent to an activating group) is 1. The Morgan fingerprint density at radius 1 is 1.47 bits per heavy atom. The molecule has 0 aliphatic carbocycles. The van der Waals surface area contributed by atoms with E-state index in [0.29, 0.717) is 6.04 Å². The first kappa shape index (κ1) is 12.8. The lowest BCUT2D eigenvalue weighted by atomic mass is 10.1. The summed E-state index contributed by atoms with van der Waals surface area (Å²) in [5, 5.41) is 3.56. The van der Waals surface area contributed by atoms with E-state index >= 15 is 0 Å². The van der Waals surface area contributed by atoms with Gasteiger partial charge in [0.15, 0.2) is 0 Å². The van der Waals surface area contributed by atoms with Crippen molar-refractivity contribution >= 4 is 11.3 Å². The SMILES string of the molecule is Cc1ncsc1CN(C)CC1Cc2nc[nH]c2CN1. The summed E-state index contributed by atoms with van der Waals surface area (Å²) < 4.78 is 0. The molecule has 1 unspecified atom stereocenters. The van der Waals surface area contributed by atoms with Crippen molar-refractivity contribution < 1.29 is 0 Å². The highest BCUT2D eigenvalue weighted by atomic mass is 32.1. The molecule has 3 heterocycles. The molecule has 0 spiro atoms. The molecule has 0 fully saturated rings. The van der Waals surface area contributed by atoms with Crippen LogP contribution in [0.2, 0.25) is 0 Å². The summed E-state index contributed by atoms with van der Waals surface area (Å²) in [4.78, 5) is 15.6. The van der Waals surface area contributed by atoms with Crippen LogP contribution in [0.3, 0.4) is 0 Å². The van der Waals surface area contributed by atoms with E-state index in [9.17, 15) is 0 Å². The summed E-state index contributed by atoms with van der Waals surface area (Å²) in [7, 11) is 2.17. The molecule has 2 aromatic rings. The predicted octanol–water partition coefficient (Wildman–Crippen LogP) is 1.32. The molecule has 102 valence electrons. The largest absolute Gasteiger partial charge is 0.347 e. The van der Waals surface area contributed by atoms with Crippen LogP contribution in [0.4, 0.5) is 0 Å². The van der Waals surface area contributed by atoms with Gasteiger partial charge in [-0.3, -0.25) is 4.90 Å². The molecule has 19 heavy (non-hydrogen) atoms. The first-order valence-corrected chi connectivity index (χ1v) is 7.42. The molecule has 0 bridgehead atoms. The Kier molecular flexibility index (Phi) is 3.63. The molecule has 0 amide bonds. The average molecular weight is 277 g/mol. The second kappa shape index (κ2) is 5.40. The van der Waals surface area contributed by atoms with Crippen molar-refractivity contribution in [3.8, 4) is 0 Å². The maximum Gasteiger partial charge on any atom is 0.0925 e. The van der Waals surface area contributed by atoms with Gasteiger partial charge < -0.3 is 10.3 Å². The van der Waals surface area contributed by atoms with Crippen molar-refractivity contribution in [3.05, 3.63) is 33.8 Å². The summed E-state index contributed by atoms with van der Waals surface area (Å²) in [5.41, 5.74) is 5.53. The van der Waals surface area contributed by atoms with Gasteiger partial charge in [-0.25, -0.2) is 9.97 Å². The molecular weight excluding hydrogens is 258 g/mol. The lowest BCUT2D eigenvalue weighted by molar-refractivity contribution is 0.274. The van der Waals surface area contributed by atoms with Crippen LogP contribution in [0.15, 0.2) is 11.8 Å². The number of fused-ring (bicyclic) bond motifs is 1. The highest BCUT2D eigenvalue weighted by Crippen LogP contribution is 2.16. The van der Waals surface area contributed by atoms with E-state index < -0.39 is 0 Å². The number of aromatic nitrogens is 3. The van der Waals surface area contributed by atoms with Crippen molar-refractivity contribution in [2.45, 2.75) is 32.5 Å². The molecule has 1 aliphatic heterocycles. The Hall–Kier alpha value is -1.24. The first-order chi connectivity index (χ1) is 9.22. The molecule has 0 aromatic carbocycles. The van der Waals surface area contributed by atoms with E-state index in [1.54, 1.807) is 17.7 Å². The lowest BCUT2D eigenvalue weighted by Crippen LogP contribution is -2.43. The molecule has 3 rings (SSSR count). The number of hydrogen-bond acceptors (Lipinski definition) is 5. The number of hydrogen-bond donors (Lipinski definition) is 2. The number of nitrogens with zero attached hydrogens (tertiary/aromatic N) is 3. The van der Waals surface area contributed by atoms with Crippen molar-refractivity contribution in [3.63, 3.8) is 0 Å². The van der Waals surface area contributed by atoms with E-state index in [2.05, 4.69) is 39.1 Å². The molecular formula is C13H19N5S. The van der Waals surface area contributed by atoms with Gasteiger partial charge in [0, 0.05) is 37.0 Å². The fourth-order valence-electron chi connectivity index (χ4n) is 2.52. The maximum absolute atomic E-state index is 4.38. The molecule has 1 aliphatic rings. The molecule has 2 N–H and O–H groups in total. The Morgan fingerprint density at radius 3 is 3.16 bits per heavy atom. The third-order valence-corrected chi connectivity index (χ3v) is 4.53. The summed E-state index contributed by atoms with van der Waals surface area (Å²) in [5.74, 6) is 0. The third-order valence-electron chi connectivity index (χ3n) is 3.61. The molecule has 5 nitrogen and oxygen atoms in total. The van der Waals surface area contributed by atoms with Crippen LogP contribution < -0.4 is 5.32 Å². The van der Waals surface area contributed by atoms with Crippen LogP contribution in [0.1, 0.15) is 22.0 Å². The number of rotatable bonds is 4. The Morgan fingerprint density at radius 2 is 2.37 bits per heavy atom. The van der Waals surface area contributed by atoms with E-state index in [0.717, 1.165) is 31.7 Å². The van der Waals surface area contributed by atoms with Gasteiger partial charge in [-0.1, -0.05) is 0 Å². The standard InChI is InChI=1S/C13H19N5S/c1-9-13(19-8-17-9)6-18(2)5-10-3-11-12(4-14-10)16-7-15-11/h7-8,10,14H,3-6H2,1-2H3,(H,15,16). The molecule has 6 heteroatoms. The summed E-state index contributed by atoms with van der Waals surface area (Å²) >= 11 is 1.74. The second-order valence-electron chi connectivity index (χ2n) is 5.17. The third kappa shape index (κ3) is 2.86. The van der Waals surface area contributed by atoms with Gasteiger partial charge in [-0.2, -0.15) is 0 Å². The second-order valence-corrected chi connectivity index (χ2v) is 6.11. The van der Waals surface area contributed by atoms with Gasteiger partial charge in [0.1, 0.15) is 0 Å². The van der Waals surface area contributed by atoms with Gasteiger partial charge in [0.25, 0.3) is 0 Å². The Bertz CT molecular complexity index is 547. The Labute approximate surface area is 117 Å². The zero-order chi connectivity index (χ0) is 13.2. The van der Waals surface area contributed by atoms with Gasteiger partial charge in [-0.05, 0) is 14.0 Å². The monoisotopic (exact) mass is 277 g/mol. The number of thiazole rings is 1. The van der Waals surface area contributed by atoms with E-state index in [-0.39, 0.29) is 0 Å². The smallest absolute Gasteiger partial charge is 0.0925 e. The van der Waals surface area contributed by atoms with Crippen molar-refractivity contribution in [1.82, 2.24) is 25.2 Å². The van der Waals surface area contributed by atoms with Crippen LogP contribution in [0.5, 0.6) is 0 Å². The predicted molar refractivity (Wildman–Crippen MR) is 76.1 cm³/mol. The van der Waals surface area contributed by atoms with Crippen LogP contribution in [0, 0.1) is 6.92 Å². The minimum atomic E-state index is 0.481. The molecule has 2 aromatic heterocycles. The van der Waals surface area contributed by atoms with E-state index in [1.807, 2.05) is 5.51 Å². The van der Waals surface area contributed by atoms with Crippen molar-refractivity contribution in [2.75, 3.05) is 13.6 Å². The number of aromatic amines is 1. The molecule has 1 atom stereocenters. The summed E-state index contributed by atoms with van der Waals surface area (Å²) in [6.45, 7) is 4.98. The van der Waals surface area contributed by atoms with Crippen LogP contribution >= 0.6 is 11.3 Å². The zero-order valence-corrected chi connectivity index (χ0v) is 12.1. The fraction of sp³-hybridized carbons (Fsp3) is 0.538. The molecule has 0 saturated carbocycles. The van der Waals surface area contributed by atoms with Gasteiger partial charge in [0.05, 0.1) is 28.9 Å². The van der Waals surface area contributed by atoms with Crippen LogP contribution in [-0.4, -0.2) is 39.5 Å². The summed E-state index contributed by atoms with van der Waals surface area (Å²) in [6.07, 6.45) is 2.80. The fourth-order valence-corrected chi connectivity index (χ4v) is 3.38. The highest BCUT2D eigenvalue weighted by Gasteiger charge is 2.21. The number of nitrogens with one attached hydrogen (secondary N) is 2. The first-order valence-electron chi connectivity index (χ1n) is 6.54. The number of H-pyrrole nitrogens is 1. The van der Waals surface area contributed by atoms with Gasteiger partial charge in [0.2, 0.25) is 0 Å². The minimum absolute atomic E-state index is 0.481. The number of imidazole rings is 1. The Balaban J connectivity index is 1.56. The minimum Gasteiger partial charge on any atom is -0.347 e. The number of aryl methyl sites for hydroxylation is 1. The van der Waals surface area contributed by atoms with Gasteiger partial charge >= 0.3 is 0 Å². The summed E-state index contributed by atoms with van der Waals surface area (Å²) in [6, 6.07) is 0.481. The normalized spacial score (nSPS) is 18.8. The van der Waals surface area contributed by atoms with Crippen LogP contribution in [-0.2, 0) is 19.5 Å².